The van der Waals surface area contributed by atoms with E-state index in [1.165, 1.54) is 0 Å². The van der Waals surface area contributed by atoms with Crippen molar-refractivity contribution in [3.05, 3.63) is 60.4 Å². The molecule has 4 rings (SSSR count). The molecule has 1 aromatic heterocycles. The van der Waals surface area contributed by atoms with Gasteiger partial charge in [-0.15, -0.1) is 0 Å². The number of ether oxygens (including phenoxy) is 2. The Morgan fingerprint density at radius 3 is 2.68 bits per heavy atom. The van der Waals surface area contributed by atoms with E-state index in [0.29, 0.717) is 25.1 Å². The standard InChI is InChI=1S/C25H32N4O5/c30-20-15-29(25(32)28-19-4-2-1-3-5-19)22-7-6-21(34-23(22)17-33-16-20)14-24(31)27-13-10-18-8-11-26-12-9-18/h1-5,8-9,11-12,20-23,30H,6-7,10,13-17H2,(H,27,31)(H,28,32)/t20-,21+,22+,23-/m1/s1. The number of hydrogen-bond donors (Lipinski definition) is 3. The highest BCUT2D eigenvalue weighted by Crippen LogP contribution is 2.28. The molecule has 1 aromatic carbocycles. The topological polar surface area (TPSA) is 113 Å². The Hall–Kier alpha value is -3.01. The summed E-state index contributed by atoms with van der Waals surface area (Å²) in [6.45, 7) is 1.10. The number of fused-ring (bicyclic) bond motifs is 1. The third-order valence-corrected chi connectivity index (χ3v) is 6.17. The number of nitrogens with zero attached hydrogens (tertiary/aromatic N) is 2. The number of carbonyl (C=O) groups is 2. The van der Waals surface area contributed by atoms with Crippen LogP contribution in [0.2, 0.25) is 0 Å². The van der Waals surface area contributed by atoms with Crippen molar-refractivity contribution >= 4 is 17.6 Å². The van der Waals surface area contributed by atoms with E-state index in [-0.39, 0.29) is 56.4 Å². The number of nitrogens with one attached hydrogen (secondary N) is 2. The number of aromatic nitrogens is 1. The SMILES string of the molecule is O=C(C[C@@H]1CC[C@H]2[C@@H](COC[C@H](O)CN2C(=O)Nc2ccccc2)O1)NCCc1ccncc1. The number of amides is 3. The number of para-hydroxylation sites is 1. The lowest BCUT2D eigenvalue weighted by atomic mass is 9.95. The van der Waals surface area contributed by atoms with Crippen LogP contribution in [0.5, 0.6) is 0 Å². The molecule has 0 aliphatic carbocycles. The van der Waals surface area contributed by atoms with Gasteiger partial charge in [0.15, 0.2) is 0 Å². The fourth-order valence-electron chi connectivity index (χ4n) is 4.47. The molecular formula is C25H32N4O5. The molecule has 0 saturated carbocycles. The number of aliphatic hydroxyl groups excluding tert-OH is 1. The maximum atomic E-state index is 13.1. The van der Waals surface area contributed by atoms with Crippen LogP contribution in [0.15, 0.2) is 54.9 Å². The number of carbonyl (C=O) groups excluding carboxylic acids is 2. The van der Waals surface area contributed by atoms with E-state index in [0.717, 1.165) is 12.0 Å². The Bertz CT molecular complexity index is 929. The minimum Gasteiger partial charge on any atom is -0.389 e. The fraction of sp³-hybridized carbons (Fsp3) is 0.480. The van der Waals surface area contributed by atoms with Gasteiger partial charge in [0.25, 0.3) is 0 Å². The smallest absolute Gasteiger partial charge is 0.322 e. The van der Waals surface area contributed by atoms with E-state index in [4.69, 9.17) is 9.47 Å². The second kappa shape index (κ2) is 11.9. The zero-order chi connectivity index (χ0) is 23.8. The van der Waals surface area contributed by atoms with Crippen molar-refractivity contribution in [3.63, 3.8) is 0 Å². The summed E-state index contributed by atoms with van der Waals surface area (Å²) in [5, 5.41) is 16.1. The summed E-state index contributed by atoms with van der Waals surface area (Å²) in [4.78, 5) is 31.2. The maximum Gasteiger partial charge on any atom is 0.322 e. The van der Waals surface area contributed by atoms with Crippen LogP contribution in [-0.4, -0.2) is 77.6 Å². The molecule has 3 heterocycles. The van der Waals surface area contributed by atoms with Crippen LogP contribution in [-0.2, 0) is 20.7 Å². The third kappa shape index (κ3) is 6.75. The van der Waals surface area contributed by atoms with E-state index < -0.39 is 6.10 Å². The molecule has 2 saturated heterocycles. The molecule has 2 aliphatic rings. The normalized spacial score (nSPS) is 24.9. The number of benzene rings is 1. The molecule has 0 radical (unpaired) electrons. The van der Waals surface area contributed by atoms with E-state index in [1.807, 2.05) is 42.5 Å². The lowest BCUT2D eigenvalue weighted by Gasteiger charge is -2.44. The van der Waals surface area contributed by atoms with Crippen molar-refractivity contribution in [2.45, 2.75) is 50.0 Å². The molecule has 182 valence electrons. The number of hydrogen-bond acceptors (Lipinski definition) is 6. The average molecular weight is 469 g/mol. The summed E-state index contributed by atoms with van der Waals surface area (Å²) in [6.07, 6.45) is 4.41. The van der Waals surface area contributed by atoms with Gasteiger partial charge in [0.05, 0.1) is 44.4 Å². The van der Waals surface area contributed by atoms with Gasteiger partial charge >= 0.3 is 6.03 Å². The summed E-state index contributed by atoms with van der Waals surface area (Å²) in [7, 11) is 0. The first-order valence-corrected chi connectivity index (χ1v) is 11.8. The van der Waals surface area contributed by atoms with Gasteiger partial charge in [-0.25, -0.2) is 4.79 Å². The Kier molecular flexibility index (Phi) is 8.46. The van der Waals surface area contributed by atoms with E-state index in [2.05, 4.69) is 15.6 Å². The fourth-order valence-corrected chi connectivity index (χ4v) is 4.47. The molecule has 9 heteroatoms. The molecule has 3 N–H and O–H groups in total. The van der Waals surface area contributed by atoms with Gasteiger partial charge in [-0.05, 0) is 49.1 Å². The summed E-state index contributed by atoms with van der Waals surface area (Å²) in [5.74, 6) is -0.0571. The van der Waals surface area contributed by atoms with Crippen molar-refractivity contribution in [3.8, 4) is 0 Å². The van der Waals surface area contributed by atoms with Crippen LogP contribution >= 0.6 is 0 Å². The van der Waals surface area contributed by atoms with Gasteiger partial charge in [-0.1, -0.05) is 18.2 Å². The first-order chi connectivity index (χ1) is 16.6. The predicted octanol–water partition coefficient (Wildman–Crippen LogP) is 1.97. The molecule has 34 heavy (non-hydrogen) atoms. The molecule has 9 nitrogen and oxygen atoms in total. The van der Waals surface area contributed by atoms with Crippen molar-refractivity contribution in [1.29, 1.82) is 0 Å². The lowest BCUT2D eigenvalue weighted by Crippen LogP contribution is -2.58. The van der Waals surface area contributed by atoms with Crippen molar-refractivity contribution in [2.24, 2.45) is 0 Å². The zero-order valence-corrected chi connectivity index (χ0v) is 19.1. The van der Waals surface area contributed by atoms with Crippen LogP contribution in [0.25, 0.3) is 0 Å². The first kappa shape index (κ1) is 24.1. The van der Waals surface area contributed by atoms with Crippen molar-refractivity contribution in [1.82, 2.24) is 15.2 Å². The number of urea groups is 1. The zero-order valence-electron chi connectivity index (χ0n) is 19.1. The minimum absolute atomic E-state index is 0.0571. The van der Waals surface area contributed by atoms with Gasteiger partial charge < -0.3 is 30.1 Å². The number of pyridine rings is 1. The Labute approximate surface area is 199 Å². The quantitative estimate of drug-likeness (QED) is 0.598. The van der Waals surface area contributed by atoms with Gasteiger partial charge in [-0.2, -0.15) is 0 Å². The van der Waals surface area contributed by atoms with E-state index in [1.54, 1.807) is 17.3 Å². The monoisotopic (exact) mass is 468 g/mol. The molecule has 0 unspecified atom stereocenters. The number of anilines is 1. The second-order valence-corrected chi connectivity index (χ2v) is 8.74. The molecule has 2 aliphatic heterocycles. The van der Waals surface area contributed by atoms with E-state index in [9.17, 15) is 14.7 Å². The van der Waals surface area contributed by atoms with Gasteiger partial charge in [0.1, 0.15) is 6.10 Å². The Morgan fingerprint density at radius 1 is 1.09 bits per heavy atom. The number of β-amino-alcohol motifs (C(OH)–C–C–N with tert-alkyl or cyclic N) is 1. The molecule has 2 aromatic rings. The molecule has 3 amide bonds. The molecule has 4 atom stereocenters. The molecular weight excluding hydrogens is 436 g/mol. The summed E-state index contributed by atoms with van der Waals surface area (Å²) < 4.78 is 11.9. The lowest BCUT2D eigenvalue weighted by molar-refractivity contribution is -0.149. The Balaban J connectivity index is 1.31. The van der Waals surface area contributed by atoms with Crippen LogP contribution in [0, 0.1) is 0 Å². The highest BCUT2D eigenvalue weighted by molar-refractivity contribution is 5.89. The number of rotatable bonds is 6. The van der Waals surface area contributed by atoms with Gasteiger partial charge in [-0.3, -0.25) is 9.78 Å². The molecule has 0 bridgehead atoms. The van der Waals surface area contributed by atoms with Crippen LogP contribution in [0.3, 0.4) is 0 Å². The van der Waals surface area contributed by atoms with Gasteiger partial charge in [0, 0.05) is 24.6 Å². The third-order valence-electron chi connectivity index (χ3n) is 6.17. The average Bonchev–Trinajstić information content (AvgIpc) is 2.83. The summed E-state index contributed by atoms with van der Waals surface area (Å²) in [5.41, 5.74) is 1.81. The van der Waals surface area contributed by atoms with E-state index >= 15 is 0 Å². The molecule has 2 fully saturated rings. The summed E-state index contributed by atoms with van der Waals surface area (Å²) >= 11 is 0. The second-order valence-electron chi connectivity index (χ2n) is 8.74. The first-order valence-electron chi connectivity index (χ1n) is 11.8. The highest BCUT2D eigenvalue weighted by Gasteiger charge is 2.40. The predicted molar refractivity (Wildman–Crippen MR) is 126 cm³/mol. The van der Waals surface area contributed by atoms with Crippen molar-refractivity contribution < 1.29 is 24.2 Å². The highest BCUT2D eigenvalue weighted by atomic mass is 16.5. The van der Waals surface area contributed by atoms with Gasteiger partial charge in [0.2, 0.25) is 5.91 Å². The number of aliphatic hydroxyl groups is 1. The van der Waals surface area contributed by atoms with Crippen molar-refractivity contribution in [2.75, 3.05) is 31.6 Å². The minimum atomic E-state index is -0.772. The van der Waals surface area contributed by atoms with Crippen LogP contribution in [0.1, 0.15) is 24.8 Å². The molecule has 0 spiro atoms. The van der Waals surface area contributed by atoms with Crippen LogP contribution < -0.4 is 10.6 Å². The van der Waals surface area contributed by atoms with Crippen LogP contribution in [0.4, 0.5) is 10.5 Å². The Morgan fingerprint density at radius 2 is 1.88 bits per heavy atom. The largest absolute Gasteiger partial charge is 0.389 e. The summed E-state index contributed by atoms with van der Waals surface area (Å²) in [6, 6.07) is 12.6. The maximum absolute atomic E-state index is 13.1.